The van der Waals surface area contributed by atoms with Gasteiger partial charge in [-0.1, -0.05) is 26.0 Å². The van der Waals surface area contributed by atoms with Crippen molar-refractivity contribution in [1.82, 2.24) is 24.8 Å². The van der Waals surface area contributed by atoms with Crippen LogP contribution in [0.1, 0.15) is 42.9 Å². The van der Waals surface area contributed by atoms with Crippen molar-refractivity contribution in [3.8, 4) is 16.9 Å². The third-order valence-corrected chi connectivity index (χ3v) is 8.02. The molecule has 1 aliphatic carbocycles. The highest BCUT2D eigenvalue weighted by atomic mass is 16.5. The Morgan fingerprint density at radius 1 is 1.10 bits per heavy atom. The van der Waals surface area contributed by atoms with Gasteiger partial charge in [0.2, 0.25) is 5.95 Å². The Kier molecular flexibility index (Phi) is 6.81. The first-order valence-electron chi connectivity index (χ1n) is 14.1. The standard InChI is InChI=1S/C31H37N7O3/c1-31(2)11-10-23-22(16-31)28(35-27(32-23)18-36(3)4)38-12-13-41-26-9-7-19(14-21(26)17-38)20-6-8-24-25(15-20)34-29(33-24)37(5)30(39)40/h6-9,14-15H,10-13,16-18H2,1-5H3,(H,33,34)(H,39,40). The van der Waals surface area contributed by atoms with E-state index < -0.39 is 6.09 Å². The summed E-state index contributed by atoms with van der Waals surface area (Å²) < 4.78 is 6.22. The predicted molar refractivity (Wildman–Crippen MR) is 160 cm³/mol. The molecule has 10 nitrogen and oxygen atoms in total. The lowest BCUT2D eigenvalue weighted by Crippen LogP contribution is -2.32. The number of hydrogen-bond donors (Lipinski definition) is 2. The van der Waals surface area contributed by atoms with E-state index in [1.54, 1.807) is 0 Å². The van der Waals surface area contributed by atoms with E-state index >= 15 is 0 Å². The average Bonchev–Trinajstić information content (AvgIpc) is 3.23. The van der Waals surface area contributed by atoms with Crippen LogP contribution in [-0.2, 0) is 25.9 Å². The van der Waals surface area contributed by atoms with E-state index in [1.807, 2.05) is 24.3 Å². The van der Waals surface area contributed by atoms with Gasteiger partial charge in [0.15, 0.2) is 0 Å². The molecule has 2 aromatic heterocycles. The van der Waals surface area contributed by atoms with Crippen LogP contribution in [0.2, 0.25) is 0 Å². The van der Waals surface area contributed by atoms with Gasteiger partial charge in [0.05, 0.1) is 24.1 Å². The van der Waals surface area contributed by atoms with E-state index in [1.165, 1.54) is 18.3 Å². The second-order valence-corrected chi connectivity index (χ2v) is 12.2. The van der Waals surface area contributed by atoms with E-state index in [-0.39, 0.29) is 5.41 Å². The normalized spacial score (nSPS) is 16.2. The Morgan fingerprint density at radius 3 is 2.66 bits per heavy atom. The van der Waals surface area contributed by atoms with Gasteiger partial charge in [0, 0.05) is 30.4 Å². The summed E-state index contributed by atoms with van der Waals surface area (Å²) >= 11 is 0. The molecule has 2 N–H and O–H groups in total. The number of imidazole rings is 1. The molecule has 41 heavy (non-hydrogen) atoms. The molecular weight excluding hydrogens is 518 g/mol. The predicted octanol–water partition coefficient (Wildman–Crippen LogP) is 5.11. The number of anilines is 2. The fourth-order valence-corrected chi connectivity index (χ4v) is 5.77. The van der Waals surface area contributed by atoms with Crippen LogP contribution in [0.4, 0.5) is 16.6 Å². The number of nitrogens with zero attached hydrogens (tertiary/aromatic N) is 6. The molecule has 4 aromatic rings. The molecule has 1 amide bonds. The number of ether oxygens (including phenoxy) is 1. The Bertz CT molecular complexity index is 1630. The molecule has 2 aromatic carbocycles. The molecule has 0 atom stereocenters. The second kappa shape index (κ2) is 10.3. The topological polar surface area (TPSA) is 111 Å². The summed E-state index contributed by atoms with van der Waals surface area (Å²) in [6, 6.07) is 12.2. The third kappa shape index (κ3) is 5.44. The first kappa shape index (κ1) is 27.0. The van der Waals surface area contributed by atoms with Gasteiger partial charge in [0.1, 0.15) is 24.0 Å². The van der Waals surface area contributed by atoms with Gasteiger partial charge >= 0.3 is 6.09 Å². The maximum absolute atomic E-state index is 11.4. The lowest BCUT2D eigenvalue weighted by Gasteiger charge is -2.34. The molecule has 3 heterocycles. The molecule has 0 radical (unpaired) electrons. The van der Waals surface area contributed by atoms with Gasteiger partial charge in [-0.3, -0.25) is 4.90 Å². The highest BCUT2D eigenvalue weighted by Gasteiger charge is 2.31. The number of carboxylic acid groups (broad SMARTS) is 1. The molecule has 0 saturated heterocycles. The summed E-state index contributed by atoms with van der Waals surface area (Å²) in [5.74, 6) is 3.08. The van der Waals surface area contributed by atoms with Crippen LogP contribution in [0.25, 0.3) is 22.2 Å². The summed E-state index contributed by atoms with van der Waals surface area (Å²) in [5, 5.41) is 9.32. The van der Waals surface area contributed by atoms with Crippen molar-refractivity contribution in [2.45, 2.75) is 46.2 Å². The highest BCUT2D eigenvalue weighted by Crippen LogP contribution is 2.39. The quantitative estimate of drug-likeness (QED) is 0.350. The van der Waals surface area contributed by atoms with Crippen LogP contribution in [0.3, 0.4) is 0 Å². The van der Waals surface area contributed by atoms with Crippen molar-refractivity contribution >= 4 is 28.9 Å². The van der Waals surface area contributed by atoms with Gasteiger partial charge in [-0.15, -0.1) is 0 Å². The zero-order chi connectivity index (χ0) is 28.9. The minimum absolute atomic E-state index is 0.214. The highest BCUT2D eigenvalue weighted by molar-refractivity contribution is 5.88. The van der Waals surface area contributed by atoms with Crippen molar-refractivity contribution in [2.24, 2.45) is 5.41 Å². The van der Waals surface area contributed by atoms with Crippen LogP contribution >= 0.6 is 0 Å². The Labute approximate surface area is 240 Å². The molecular formula is C31H37N7O3. The van der Waals surface area contributed by atoms with E-state index in [9.17, 15) is 9.90 Å². The van der Waals surface area contributed by atoms with E-state index in [0.29, 0.717) is 31.2 Å². The fraction of sp³-hybridized carbons (Fsp3) is 0.419. The van der Waals surface area contributed by atoms with Gasteiger partial charge in [-0.05, 0) is 74.2 Å². The summed E-state index contributed by atoms with van der Waals surface area (Å²) in [6.45, 7) is 7.38. The molecule has 2 aliphatic rings. The first-order chi connectivity index (χ1) is 19.6. The maximum Gasteiger partial charge on any atom is 0.413 e. The molecule has 6 rings (SSSR count). The SMILES string of the molecule is CN(C)Cc1nc2c(c(N3CCOc4ccc(-c5ccc6nc(N(C)C(=O)O)[nH]c6c5)cc4C3)n1)CC(C)(C)CC2. The van der Waals surface area contributed by atoms with Crippen LogP contribution < -0.4 is 14.5 Å². The lowest BCUT2D eigenvalue weighted by molar-refractivity contribution is 0.203. The van der Waals surface area contributed by atoms with Crippen LogP contribution in [0.15, 0.2) is 36.4 Å². The Hall–Kier alpha value is -4.18. The Balaban J connectivity index is 1.35. The van der Waals surface area contributed by atoms with Crippen LogP contribution in [0, 0.1) is 5.41 Å². The van der Waals surface area contributed by atoms with Gasteiger partial charge in [0.25, 0.3) is 0 Å². The number of rotatable bonds is 5. The number of H-pyrrole nitrogens is 1. The molecule has 0 spiro atoms. The van der Waals surface area contributed by atoms with Crippen LogP contribution in [0.5, 0.6) is 5.75 Å². The first-order valence-corrected chi connectivity index (χ1v) is 14.1. The van der Waals surface area contributed by atoms with Crippen molar-refractivity contribution in [1.29, 1.82) is 0 Å². The van der Waals surface area contributed by atoms with Crippen molar-refractivity contribution < 1.29 is 14.6 Å². The largest absolute Gasteiger partial charge is 0.491 e. The number of aromatic amines is 1. The van der Waals surface area contributed by atoms with Crippen molar-refractivity contribution in [2.75, 3.05) is 44.1 Å². The second-order valence-electron chi connectivity index (χ2n) is 12.2. The monoisotopic (exact) mass is 555 g/mol. The summed E-state index contributed by atoms with van der Waals surface area (Å²) in [4.78, 5) is 34.6. The van der Waals surface area contributed by atoms with Crippen molar-refractivity contribution in [3.63, 3.8) is 0 Å². The summed E-state index contributed by atoms with van der Waals surface area (Å²) in [6.07, 6.45) is 2.00. The van der Waals surface area contributed by atoms with Gasteiger partial charge < -0.3 is 24.6 Å². The third-order valence-electron chi connectivity index (χ3n) is 8.02. The van der Waals surface area contributed by atoms with E-state index in [4.69, 9.17) is 14.7 Å². The minimum atomic E-state index is -1.07. The number of aryl methyl sites for hydroxylation is 1. The molecule has 0 bridgehead atoms. The van der Waals surface area contributed by atoms with Crippen molar-refractivity contribution in [3.05, 3.63) is 59.0 Å². The maximum atomic E-state index is 11.4. The van der Waals surface area contributed by atoms with Crippen LogP contribution in [-0.4, -0.2) is 70.3 Å². The molecule has 10 heteroatoms. The number of nitrogens with one attached hydrogen (secondary N) is 1. The summed E-state index contributed by atoms with van der Waals surface area (Å²) in [5.41, 5.74) is 7.34. The smallest absolute Gasteiger partial charge is 0.413 e. The number of fused-ring (bicyclic) bond motifs is 3. The fourth-order valence-electron chi connectivity index (χ4n) is 5.77. The lowest BCUT2D eigenvalue weighted by atomic mass is 9.76. The molecule has 0 unspecified atom stereocenters. The zero-order valence-corrected chi connectivity index (χ0v) is 24.4. The molecule has 214 valence electrons. The Morgan fingerprint density at radius 2 is 1.88 bits per heavy atom. The number of carbonyl (C=O) groups is 1. The zero-order valence-electron chi connectivity index (χ0n) is 24.4. The molecule has 0 saturated carbocycles. The van der Waals surface area contributed by atoms with E-state index in [0.717, 1.165) is 70.3 Å². The average molecular weight is 556 g/mol. The number of aromatic nitrogens is 4. The summed E-state index contributed by atoms with van der Waals surface area (Å²) in [7, 11) is 5.57. The molecule has 0 fully saturated rings. The number of hydrogen-bond acceptors (Lipinski definition) is 7. The number of amides is 1. The van der Waals surface area contributed by atoms with Gasteiger partial charge in [-0.25, -0.2) is 19.7 Å². The number of benzene rings is 2. The minimum Gasteiger partial charge on any atom is -0.491 e. The van der Waals surface area contributed by atoms with Gasteiger partial charge in [-0.2, -0.15) is 0 Å². The molecule has 1 aliphatic heterocycles. The van der Waals surface area contributed by atoms with E-state index in [2.05, 4.69) is 59.8 Å².